The number of para-hydroxylation sites is 1. The third-order valence-corrected chi connectivity index (χ3v) is 4.81. The van der Waals surface area contributed by atoms with Crippen LogP contribution in [-0.4, -0.2) is 56.2 Å². The zero-order valence-electron chi connectivity index (χ0n) is 17.6. The molecular formula is C23H30N4O3. The van der Waals surface area contributed by atoms with E-state index in [2.05, 4.69) is 20.5 Å². The number of nitrogens with zero attached hydrogens (tertiary/aromatic N) is 2. The van der Waals surface area contributed by atoms with Gasteiger partial charge in [0.2, 0.25) is 5.91 Å². The van der Waals surface area contributed by atoms with Crippen molar-refractivity contribution >= 4 is 17.6 Å². The summed E-state index contributed by atoms with van der Waals surface area (Å²) in [5.41, 5.74) is 0.726. The van der Waals surface area contributed by atoms with Crippen LogP contribution in [-0.2, 0) is 4.79 Å². The van der Waals surface area contributed by atoms with Crippen LogP contribution >= 0.6 is 0 Å². The molecule has 2 aromatic rings. The SMILES string of the molecule is CN=C(NCCOc1cccc(NC(C)=O)c1)N1CCC(Oc2ccccc2)CC1. The first-order valence-corrected chi connectivity index (χ1v) is 10.3. The summed E-state index contributed by atoms with van der Waals surface area (Å²) in [5.74, 6) is 2.43. The summed E-state index contributed by atoms with van der Waals surface area (Å²) < 4.78 is 11.9. The lowest BCUT2D eigenvalue weighted by Gasteiger charge is -2.34. The fraction of sp³-hybridized carbons (Fsp3) is 0.391. The van der Waals surface area contributed by atoms with Gasteiger partial charge in [-0.2, -0.15) is 0 Å². The molecule has 1 aliphatic rings. The molecule has 7 nitrogen and oxygen atoms in total. The van der Waals surface area contributed by atoms with Crippen molar-refractivity contribution in [1.29, 1.82) is 0 Å². The van der Waals surface area contributed by atoms with Gasteiger partial charge in [0.1, 0.15) is 24.2 Å². The Morgan fingerprint density at radius 2 is 1.83 bits per heavy atom. The molecule has 0 aromatic heterocycles. The topological polar surface area (TPSA) is 75.2 Å². The highest BCUT2D eigenvalue weighted by Gasteiger charge is 2.22. The molecule has 0 radical (unpaired) electrons. The molecule has 1 amide bonds. The van der Waals surface area contributed by atoms with Crippen molar-refractivity contribution in [3.8, 4) is 11.5 Å². The lowest BCUT2D eigenvalue weighted by atomic mass is 10.1. The largest absolute Gasteiger partial charge is 0.492 e. The maximum Gasteiger partial charge on any atom is 0.221 e. The normalized spacial score (nSPS) is 14.9. The fourth-order valence-electron chi connectivity index (χ4n) is 3.41. The first-order chi connectivity index (χ1) is 14.6. The Kier molecular flexibility index (Phi) is 7.94. The van der Waals surface area contributed by atoms with E-state index >= 15 is 0 Å². The Labute approximate surface area is 178 Å². The van der Waals surface area contributed by atoms with Crippen molar-refractivity contribution in [2.45, 2.75) is 25.9 Å². The first-order valence-electron chi connectivity index (χ1n) is 10.3. The molecule has 0 spiro atoms. The van der Waals surface area contributed by atoms with Gasteiger partial charge >= 0.3 is 0 Å². The fourth-order valence-corrected chi connectivity index (χ4v) is 3.41. The molecule has 2 aromatic carbocycles. The number of benzene rings is 2. The van der Waals surface area contributed by atoms with Crippen LogP contribution < -0.4 is 20.1 Å². The Hall–Kier alpha value is -3.22. The standard InChI is InChI=1S/C23H30N4O3/c1-18(28)26-19-7-6-10-22(17-19)29-16-13-25-23(24-2)27-14-11-21(12-15-27)30-20-8-4-3-5-9-20/h3-10,17,21H,11-16H2,1-2H3,(H,24,25)(H,26,28). The minimum absolute atomic E-state index is 0.101. The lowest BCUT2D eigenvalue weighted by Crippen LogP contribution is -2.48. The van der Waals surface area contributed by atoms with Crippen molar-refractivity contribution in [3.63, 3.8) is 0 Å². The van der Waals surface area contributed by atoms with Gasteiger partial charge in [-0.1, -0.05) is 24.3 Å². The molecule has 0 bridgehead atoms. The summed E-state index contributed by atoms with van der Waals surface area (Å²) in [6.07, 6.45) is 2.16. The average Bonchev–Trinajstić information content (AvgIpc) is 2.75. The highest BCUT2D eigenvalue weighted by atomic mass is 16.5. The van der Waals surface area contributed by atoms with Crippen molar-refractivity contribution in [2.75, 3.05) is 38.6 Å². The van der Waals surface area contributed by atoms with Crippen LogP contribution in [0.25, 0.3) is 0 Å². The van der Waals surface area contributed by atoms with Gasteiger partial charge in [0.05, 0.1) is 6.54 Å². The monoisotopic (exact) mass is 410 g/mol. The van der Waals surface area contributed by atoms with Gasteiger partial charge in [0.25, 0.3) is 0 Å². The van der Waals surface area contributed by atoms with Crippen LogP contribution in [0.3, 0.4) is 0 Å². The van der Waals surface area contributed by atoms with E-state index in [4.69, 9.17) is 9.47 Å². The zero-order valence-corrected chi connectivity index (χ0v) is 17.6. The lowest BCUT2D eigenvalue weighted by molar-refractivity contribution is -0.114. The zero-order chi connectivity index (χ0) is 21.2. The smallest absolute Gasteiger partial charge is 0.221 e. The molecular weight excluding hydrogens is 380 g/mol. The van der Waals surface area contributed by atoms with Gasteiger partial charge in [0.15, 0.2) is 5.96 Å². The maximum atomic E-state index is 11.2. The van der Waals surface area contributed by atoms with E-state index < -0.39 is 0 Å². The molecule has 2 N–H and O–H groups in total. The highest BCUT2D eigenvalue weighted by molar-refractivity contribution is 5.88. The number of carbonyl (C=O) groups is 1. The molecule has 0 saturated carbocycles. The number of likely N-dealkylation sites (tertiary alicyclic amines) is 1. The number of piperidine rings is 1. The third kappa shape index (κ3) is 6.69. The van der Waals surface area contributed by atoms with Gasteiger partial charge < -0.3 is 25.0 Å². The van der Waals surface area contributed by atoms with Crippen molar-refractivity contribution in [3.05, 3.63) is 54.6 Å². The van der Waals surface area contributed by atoms with Crippen LogP contribution in [0, 0.1) is 0 Å². The third-order valence-electron chi connectivity index (χ3n) is 4.81. The number of rotatable bonds is 7. The van der Waals surface area contributed by atoms with Crippen LogP contribution in [0.2, 0.25) is 0 Å². The number of carbonyl (C=O) groups excluding carboxylic acids is 1. The van der Waals surface area contributed by atoms with Crippen LogP contribution in [0.15, 0.2) is 59.6 Å². The van der Waals surface area contributed by atoms with Gasteiger partial charge in [0, 0.05) is 51.7 Å². The second-order valence-corrected chi connectivity index (χ2v) is 7.15. The summed E-state index contributed by atoms with van der Waals surface area (Å²) in [4.78, 5) is 17.8. The number of hydrogen-bond donors (Lipinski definition) is 2. The maximum absolute atomic E-state index is 11.2. The number of guanidine groups is 1. The molecule has 160 valence electrons. The molecule has 0 unspecified atom stereocenters. The molecule has 3 rings (SSSR count). The summed E-state index contributed by atoms with van der Waals surface area (Å²) in [6.45, 7) is 4.42. The van der Waals surface area contributed by atoms with E-state index in [1.54, 1.807) is 7.05 Å². The molecule has 7 heteroatoms. The van der Waals surface area contributed by atoms with Gasteiger partial charge in [-0.15, -0.1) is 0 Å². The molecule has 1 aliphatic heterocycles. The second kappa shape index (κ2) is 11.1. The number of ether oxygens (including phenoxy) is 2. The molecule has 1 fully saturated rings. The predicted molar refractivity (Wildman–Crippen MR) is 119 cm³/mol. The van der Waals surface area contributed by atoms with Crippen LogP contribution in [0.5, 0.6) is 11.5 Å². The van der Waals surface area contributed by atoms with Crippen LogP contribution in [0.4, 0.5) is 5.69 Å². The minimum atomic E-state index is -0.101. The van der Waals surface area contributed by atoms with E-state index in [1.165, 1.54) is 6.92 Å². The van der Waals surface area contributed by atoms with Gasteiger partial charge in [-0.05, 0) is 24.3 Å². The molecule has 0 aliphatic carbocycles. The van der Waals surface area contributed by atoms with Crippen molar-refractivity contribution in [2.24, 2.45) is 4.99 Å². The van der Waals surface area contributed by atoms with E-state index in [0.717, 1.165) is 49.1 Å². The minimum Gasteiger partial charge on any atom is -0.492 e. The number of nitrogens with one attached hydrogen (secondary N) is 2. The number of hydrogen-bond acceptors (Lipinski definition) is 4. The summed E-state index contributed by atoms with van der Waals surface area (Å²) in [6, 6.07) is 17.4. The molecule has 0 atom stereocenters. The van der Waals surface area contributed by atoms with E-state index in [9.17, 15) is 4.79 Å². The van der Waals surface area contributed by atoms with E-state index in [1.807, 2.05) is 54.6 Å². The molecule has 1 heterocycles. The second-order valence-electron chi connectivity index (χ2n) is 7.15. The number of aliphatic imine (C=N–C) groups is 1. The predicted octanol–water partition coefficient (Wildman–Crippen LogP) is 3.14. The van der Waals surface area contributed by atoms with Gasteiger partial charge in [-0.3, -0.25) is 9.79 Å². The molecule has 1 saturated heterocycles. The summed E-state index contributed by atoms with van der Waals surface area (Å²) in [7, 11) is 1.80. The Morgan fingerprint density at radius 1 is 1.10 bits per heavy atom. The average molecular weight is 411 g/mol. The Morgan fingerprint density at radius 3 is 2.53 bits per heavy atom. The van der Waals surface area contributed by atoms with E-state index in [0.29, 0.717) is 13.2 Å². The quantitative estimate of drug-likeness (QED) is 0.417. The van der Waals surface area contributed by atoms with Crippen molar-refractivity contribution in [1.82, 2.24) is 10.2 Å². The summed E-state index contributed by atoms with van der Waals surface area (Å²) >= 11 is 0. The van der Waals surface area contributed by atoms with Crippen LogP contribution in [0.1, 0.15) is 19.8 Å². The summed E-state index contributed by atoms with van der Waals surface area (Å²) in [5, 5.41) is 6.12. The van der Waals surface area contributed by atoms with Gasteiger partial charge in [-0.25, -0.2) is 0 Å². The van der Waals surface area contributed by atoms with Crippen molar-refractivity contribution < 1.29 is 14.3 Å². The Bertz CT molecular complexity index is 833. The number of anilines is 1. The highest BCUT2D eigenvalue weighted by Crippen LogP contribution is 2.19. The van der Waals surface area contributed by atoms with E-state index in [-0.39, 0.29) is 12.0 Å². The Balaban J connectivity index is 1.38. The number of amides is 1. The first kappa shape index (κ1) is 21.5. The molecule has 30 heavy (non-hydrogen) atoms.